The summed E-state index contributed by atoms with van der Waals surface area (Å²) in [5, 5.41) is 7.44. The molecule has 0 radical (unpaired) electrons. The van der Waals surface area contributed by atoms with Gasteiger partial charge < -0.3 is 11.1 Å². The van der Waals surface area contributed by atoms with Gasteiger partial charge in [0, 0.05) is 18.1 Å². The summed E-state index contributed by atoms with van der Waals surface area (Å²) >= 11 is 0. The van der Waals surface area contributed by atoms with Crippen molar-refractivity contribution in [3.05, 3.63) is 77.6 Å². The van der Waals surface area contributed by atoms with Gasteiger partial charge in [0.2, 0.25) is 0 Å². The molecule has 0 aliphatic rings. The molecule has 0 aliphatic heterocycles. The van der Waals surface area contributed by atoms with Gasteiger partial charge in [0.05, 0.1) is 12.2 Å². The van der Waals surface area contributed by atoms with Gasteiger partial charge in [-0.2, -0.15) is 5.10 Å². The van der Waals surface area contributed by atoms with Crippen molar-refractivity contribution in [2.75, 3.05) is 5.32 Å². The minimum atomic E-state index is 0.398. The lowest BCUT2D eigenvalue weighted by Gasteiger charge is -2.10. The largest absolute Gasteiger partial charge is 0.370 e. The molecule has 0 atom stereocenters. The summed E-state index contributed by atoms with van der Waals surface area (Å²) in [6.45, 7) is 4.61. The first-order valence-electron chi connectivity index (χ1n) is 7.85. The molecule has 3 rings (SSSR count). The number of hydrogen-bond acceptors (Lipinski definition) is 2. The fourth-order valence-electron chi connectivity index (χ4n) is 2.68. The predicted molar refractivity (Wildman–Crippen MR) is 98.4 cm³/mol. The summed E-state index contributed by atoms with van der Waals surface area (Å²) in [6, 6.07) is 16.2. The summed E-state index contributed by atoms with van der Waals surface area (Å²) in [7, 11) is 0. The van der Waals surface area contributed by atoms with Crippen LogP contribution in [-0.2, 0) is 6.54 Å². The Hall–Kier alpha value is -3.08. The van der Waals surface area contributed by atoms with Crippen LogP contribution in [0.15, 0.2) is 65.9 Å². The van der Waals surface area contributed by atoms with Crippen molar-refractivity contribution in [1.29, 1.82) is 0 Å². The molecule has 2 aromatic carbocycles. The van der Waals surface area contributed by atoms with E-state index >= 15 is 0 Å². The van der Waals surface area contributed by atoms with Crippen LogP contribution in [0, 0.1) is 13.8 Å². The SMILES string of the molecule is Cc1cc(C)cc(NC(N)=NCc2ccccc2-n2cccn2)c1. The van der Waals surface area contributed by atoms with Crippen LogP contribution in [0.5, 0.6) is 0 Å². The molecule has 1 aromatic heterocycles. The van der Waals surface area contributed by atoms with E-state index in [9.17, 15) is 0 Å². The Labute approximate surface area is 141 Å². The number of nitrogens with two attached hydrogens (primary N) is 1. The maximum Gasteiger partial charge on any atom is 0.193 e. The highest BCUT2D eigenvalue weighted by Crippen LogP contribution is 2.15. The lowest BCUT2D eigenvalue weighted by molar-refractivity contribution is 0.858. The average molecular weight is 319 g/mol. The highest BCUT2D eigenvalue weighted by atomic mass is 15.3. The number of nitrogens with zero attached hydrogens (tertiary/aromatic N) is 3. The topological polar surface area (TPSA) is 68.2 Å². The van der Waals surface area contributed by atoms with Crippen molar-refractivity contribution in [2.24, 2.45) is 10.7 Å². The molecular weight excluding hydrogens is 298 g/mol. The Morgan fingerprint density at radius 1 is 1.12 bits per heavy atom. The lowest BCUT2D eigenvalue weighted by atomic mass is 10.1. The molecule has 3 aromatic rings. The molecule has 0 saturated heterocycles. The van der Waals surface area contributed by atoms with E-state index in [1.807, 2.05) is 53.3 Å². The highest BCUT2D eigenvalue weighted by Gasteiger charge is 2.04. The van der Waals surface area contributed by atoms with Gasteiger partial charge >= 0.3 is 0 Å². The molecular formula is C19H21N5. The molecule has 0 amide bonds. The summed E-state index contributed by atoms with van der Waals surface area (Å²) in [5.41, 5.74) is 11.4. The first kappa shape index (κ1) is 15.8. The molecule has 0 aliphatic carbocycles. The van der Waals surface area contributed by atoms with Crippen LogP contribution < -0.4 is 11.1 Å². The van der Waals surface area contributed by atoms with Gasteiger partial charge in [-0.1, -0.05) is 24.3 Å². The van der Waals surface area contributed by atoms with Gasteiger partial charge in [-0.05, 0) is 54.8 Å². The van der Waals surface area contributed by atoms with Crippen LogP contribution in [0.4, 0.5) is 5.69 Å². The number of rotatable bonds is 4. The van der Waals surface area contributed by atoms with E-state index < -0.39 is 0 Å². The Balaban J connectivity index is 1.76. The van der Waals surface area contributed by atoms with Gasteiger partial charge in [-0.3, -0.25) is 0 Å². The number of anilines is 1. The Morgan fingerprint density at radius 2 is 1.88 bits per heavy atom. The van der Waals surface area contributed by atoms with Crippen molar-refractivity contribution in [3.63, 3.8) is 0 Å². The van der Waals surface area contributed by atoms with E-state index in [0.29, 0.717) is 12.5 Å². The molecule has 122 valence electrons. The maximum atomic E-state index is 6.04. The predicted octanol–water partition coefficient (Wildman–Crippen LogP) is 3.42. The normalized spacial score (nSPS) is 11.5. The summed E-state index contributed by atoms with van der Waals surface area (Å²) in [5.74, 6) is 0.398. The lowest BCUT2D eigenvalue weighted by Crippen LogP contribution is -2.22. The minimum absolute atomic E-state index is 0.398. The van der Waals surface area contributed by atoms with Gasteiger partial charge in [-0.15, -0.1) is 0 Å². The molecule has 3 N–H and O–H groups in total. The monoisotopic (exact) mass is 319 g/mol. The molecule has 5 nitrogen and oxygen atoms in total. The number of guanidine groups is 1. The number of aliphatic imine (C=N–C) groups is 1. The quantitative estimate of drug-likeness (QED) is 0.572. The Morgan fingerprint density at radius 3 is 2.58 bits per heavy atom. The highest BCUT2D eigenvalue weighted by molar-refractivity contribution is 5.92. The summed E-state index contributed by atoms with van der Waals surface area (Å²) in [4.78, 5) is 4.46. The van der Waals surface area contributed by atoms with Crippen molar-refractivity contribution in [2.45, 2.75) is 20.4 Å². The van der Waals surface area contributed by atoms with Gasteiger partial charge in [0.25, 0.3) is 0 Å². The number of aryl methyl sites for hydroxylation is 2. The first-order chi connectivity index (χ1) is 11.6. The molecule has 1 heterocycles. The van der Waals surface area contributed by atoms with Crippen LogP contribution in [0.25, 0.3) is 5.69 Å². The van der Waals surface area contributed by atoms with E-state index in [0.717, 1.165) is 16.9 Å². The molecule has 5 heteroatoms. The zero-order valence-electron chi connectivity index (χ0n) is 13.9. The van der Waals surface area contributed by atoms with E-state index in [2.05, 4.69) is 35.3 Å². The zero-order chi connectivity index (χ0) is 16.9. The second kappa shape index (κ2) is 7.00. The third-order valence-corrected chi connectivity index (χ3v) is 3.66. The van der Waals surface area contributed by atoms with Crippen LogP contribution >= 0.6 is 0 Å². The molecule has 0 unspecified atom stereocenters. The molecule has 0 bridgehead atoms. The van der Waals surface area contributed by atoms with Crippen molar-refractivity contribution >= 4 is 11.6 Å². The smallest absolute Gasteiger partial charge is 0.193 e. The molecule has 0 saturated carbocycles. The summed E-state index contributed by atoms with van der Waals surface area (Å²) in [6.07, 6.45) is 3.68. The standard InChI is InChI=1S/C19H21N5/c1-14-10-15(2)12-17(11-14)23-19(20)21-13-16-6-3-4-7-18(16)24-9-5-8-22-24/h3-12H,13H2,1-2H3,(H3,20,21,23). The molecule has 0 fully saturated rings. The summed E-state index contributed by atoms with van der Waals surface area (Å²) < 4.78 is 1.83. The zero-order valence-corrected chi connectivity index (χ0v) is 13.9. The van der Waals surface area contributed by atoms with Crippen LogP contribution in [0.2, 0.25) is 0 Å². The second-order valence-corrected chi connectivity index (χ2v) is 5.78. The van der Waals surface area contributed by atoms with E-state index in [-0.39, 0.29) is 0 Å². The van der Waals surface area contributed by atoms with Crippen LogP contribution in [0.1, 0.15) is 16.7 Å². The van der Waals surface area contributed by atoms with Crippen molar-refractivity contribution in [3.8, 4) is 5.69 Å². The van der Waals surface area contributed by atoms with Crippen molar-refractivity contribution < 1.29 is 0 Å². The Kier molecular flexibility index (Phi) is 4.61. The van der Waals surface area contributed by atoms with Gasteiger partial charge in [0.1, 0.15) is 0 Å². The number of benzene rings is 2. The third kappa shape index (κ3) is 3.81. The van der Waals surface area contributed by atoms with Crippen molar-refractivity contribution in [1.82, 2.24) is 9.78 Å². The Bertz CT molecular complexity index is 830. The number of hydrogen-bond donors (Lipinski definition) is 2. The van der Waals surface area contributed by atoms with E-state index in [4.69, 9.17) is 5.73 Å². The fraction of sp³-hybridized carbons (Fsp3) is 0.158. The first-order valence-corrected chi connectivity index (χ1v) is 7.85. The van der Waals surface area contributed by atoms with Crippen LogP contribution in [0.3, 0.4) is 0 Å². The third-order valence-electron chi connectivity index (χ3n) is 3.66. The maximum absolute atomic E-state index is 6.04. The molecule has 0 spiro atoms. The van der Waals surface area contributed by atoms with Gasteiger partial charge in [0.15, 0.2) is 5.96 Å². The number of aromatic nitrogens is 2. The van der Waals surface area contributed by atoms with E-state index in [1.54, 1.807) is 6.20 Å². The fourth-order valence-corrected chi connectivity index (χ4v) is 2.68. The van der Waals surface area contributed by atoms with Gasteiger partial charge in [-0.25, -0.2) is 9.67 Å². The minimum Gasteiger partial charge on any atom is -0.370 e. The van der Waals surface area contributed by atoms with E-state index in [1.165, 1.54) is 11.1 Å². The number of nitrogens with one attached hydrogen (secondary N) is 1. The molecule has 24 heavy (non-hydrogen) atoms. The average Bonchev–Trinajstić information content (AvgIpc) is 3.06. The second-order valence-electron chi connectivity index (χ2n) is 5.78. The van der Waals surface area contributed by atoms with Crippen LogP contribution in [-0.4, -0.2) is 15.7 Å². The number of para-hydroxylation sites is 1.